The van der Waals surface area contributed by atoms with Crippen LogP contribution in [0.15, 0.2) is 28.7 Å². The van der Waals surface area contributed by atoms with E-state index >= 15 is 0 Å². The molecule has 0 bridgehead atoms. The van der Waals surface area contributed by atoms with Gasteiger partial charge in [0.25, 0.3) is 6.01 Å². The average Bonchev–Trinajstić information content (AvgIpc) is 2.69. The largest absolute Gasteiger partial charge is 0.424 e. The molecule has 0 radical (unpaired) electrons. The lowest BCUT2D eigenvalue weighted by Crippen LogP contribution is -2.15. The Morgan fingerprint density at radius 1 is 1.44 bits per heavy atom. The van der Waals surface area contributed by atoms with Crippen LogP contribution < -0.4 is 11.1 Å². The van der Waals surface area contributed by atoms with Gasteiger partial charge in [0, 0.05) is 6.54 Å². The third-order valence-corrected chi connectivity index (χ3v) is 2.56. The molecule has 2 aromatic rings. The molecular formula is C12H17N3O. The van der Waals surface area contributed by atoms with Crippen molar-refractivity contribution in [3.8, 4) is 0 Å². The minimum absolute atomic E-state index is 0.528. The van der Waals surface area contributed by atoms with Crippen LogP contribution in [-0.2, 0) is 0 Å². The van der Waals surface area contributed by atoms with Crippen molar-refractivity contribution >= 4 is 17.1 Å². The van der Waals surface area contributed by atoms with Gasteiger partial charge in [0.2, 0.25) is 0 Å². The van der Waals surface area contributed by atoms with E-state index in [0.29, 0.717) is 11.9 Å². The number of nitrogens with two attached hydrogens (primary N) is 1. The van der Waals surface area contributed by atoms with Crippen LogP contribution in [0.4, 0.5) is 6.01 Å². The third-order valence-electron chi connectivity index (χ3n) is 2.56. The first kappa shape index (κ1) is 11.0. The van der Waals surface area contributed by atoms with Crippen LogP contribution in [0.1, 0.15) is 13.3 Å². The molecule has 0 spiro atoms. The summed E-state index contributed by atoms with van der Waals surface area (Å²) in [5, 5.41) is 3.19. The Morgan fingerprint density at radius 3 is 3.00 bits per heavy atom. The minimum atomic E-state index is 0.528. The topological polar surface area (TPSA) is 64.1 Å². The summed E-state index contributed by atoms with van der Waals surface area (Å²) in [7, 11) is 0. The molecule has 3 N–H and O–H groups in total. The maximum Gasteiger partial charge on any atom is 0.295 e. The summed E-state index contributed by atoms with van der Waals surface area (Å²) in [5.74, 6) is 0.528. The van der Waals surface area contributed by atoms with Crippen molar-refractivity contribution in [2.45, 2.75) is 13.3 Å². The number of rotatable bonds is 5. The van der Waals surface area contributed by atoms with Crippen LogP contribution in [0.2, 0.25) is 0 Å². The molecule has 0 aliphatic heterocycles. The maximum absolute atomic E-state index is 5.54. The van der Waals surface area contributed by atoms with Gasteiger partial charge >= 0.3 is 0 Å². The fraction of sp³-hybridized carbons (Fsp3) is 0.417. The molecule has 0 fully saturated rings. The second-order valence-corrected chi connectivity index (χ2v) is 4.05. The third kappa shape index (κ3) is 2.52. The van der Waals surface area contributed by atoms with Gasteiger partial charge in [-0.3, -0.25) is 0 Å². The zero-order valence-electron chi connectivity index (χ0n) is 9.44. The van der Waals surface area contributed by atoms with Gasteiger partial charge < -0.3 is 15.5 Å². The van der Waals surface area contributed by atoms with Crippen molar-refractivity contribution < 1.29 is 4.42 Å². The van der Waals surface area contributed by atoms with Crippen LogP contribution in [0, 0.1) is 5.92 Å². The van der Waals surface area contributed by atoms with Crippen molar-refractivity contribution in [1.82, 2.24) is 4.98 Å². The lowest BCUT2D eigenvalue weighted by molar-refractivity contribution is 0.547. The van der Waals surface area contributed by atoms with Crippen LogP contribution in [0.25, 0.3) is 11.1 Å². The molecule has 0 saturated heterocycles. The molecular weight excluding hydrogens is 202 g/mol. The van der Waals surface area contributed by atoms with E-state index in [2.05, 4.69) is 17.2 Å². The summed E-state index contributed by atoms with van der Waals surface area (Å²) < 4.78 is 5.54. The number of hydrogen-bond acceptors (Lipinski definition) is 4. The van der Waals surface area contributed by atoms with Gasteiger partial charge in [0.1, 0.15) is 5.52 Å². The van der Waals surface area contributed by atoms with Crippen LogP contribution in [-0.4, -0.2) is 18.1 Å². The van der Waals surface area contributed by atoms with E-state index in [0.717, 1.165) is 30.6 Å². The second-order valence-electron chi connectivity index (χ2n) is 4.05. The number of benzene rings is 1. The van der Waals surface area contributed by atoms with Gasteiger partial charge in [-0.25, -0.2) is 0 Å². The van der Waals surface area contributed by atoms with E-state index in [9.17, 15) is 0 Å². The number of hydrogen-bond donors (Lipinski definition) is 2. The highest BCUT2D eigenvalue weighted by Crippen LogP contribution is 2.18. The predicted octanol–water partition coefficient (Wildman–Crippen LogP) is 2.22. The lowest BCUT2D eigenvalue weighted by atomic mass is 10.1. The SMILES string of the molecule is CC(CCN)CNc1nc2ccccc2o1. The molecule has 16 heavy (non-hydrogen) atoms. The molecule has 0 saturated carbocycles. The molecule has 0 aliphatic rings. The van der Waals surface area contributed by atoms with Crippen molar-refractivity contribution in [1.29, 1.82) is 0 Å². The Labute approximate surface area is 94.8 Å². The number of aromatic nitrogens is 1. The number of nitrogens with zero attached hydrogens (tertiary/aromatic N) is 1. The van der Waals surface area contributed by atoms with Crippen LogP contribution in [0.5, 0.6) is 0 Å². The molecule has 0 aliphatic carbocycles. The van der Waals surface area contributed by atoms with Gasteiger partial charge in [0.05, 0.1) is 0 Å². The number of fused-ring (bicyclic) bond motifs is 1. The molecule has 4 heteroatoms. The predicted molar refractivity (Wildman–Crippen MR) is 65.3 cm³/mol. The first-order valence-corrected chi connectivity index (χ1v) is 5.59. The number of oxazole rings is 1. The summed E-state index contributed by atoms with van der Waals surface area (Å²) in [6, 6.07) is 8.33. The van der Waals surface area contributed by atoms with Crippen molar-refractivity contribution in [2.75, 3.05) is 18.4 Å². The highest BCUT2D eigenvalue weighted by atomic mass is 16.4. The van der Waals surface area contributed by atoms with E-state index in [-0.39, 0.29) is 0 Å². The minimum Gasteiger partial charge on any atom is -0.424 e. The number of nitrogens with one attached hydrogen (secondary N) is 1. The normalized spacial score (nSPS) is 12.9. The quantitative estimate of drug-likeness (QED) is 0.809. The summed E-state index contributed by atoms with van der Waals surface area (Å²) in [5.41, 5.74) is 7.19. The zero-order valence-corrected chi connectivity index (χ0v) is 9.44. The fourth-order valence-electron chi connectivity index (χ4n) is 1.60. The van der Waals surface area contributed by atoms with Crippen LogP contribution >= 0.6 is 0 Å². The summed E-state index contributed by atoms with van der Waals surface area (Å²) >= 11 is 0. The highest BCUT2D eigenvalue weighted by Gasteiger charge is 2.06. The molecule has 4 nitrogen and oxygen atoms in total. The molecule has 2 rings (SSSR count). The van der Waals surface area contributed by atoms with Gasteiger partial charge in [0.15, 0.2) is 5.58 Å². The second kappa shape index (κ2) is 4.99. The first-order valence-electron chi connectivity index (χ1n) is 5.59. The lowest BCUT2D eigenvalue weighted by Gasteiger charge is -2.08. The Bertz CT molecular complexity index is 419. The molecule has 0 amide bonds. The Morgan fingerprint density at radius 2 is 2.25 bits per heavy atom. The average molecular weight is 219 g/mol. The number of anilines is 1. The van der Waals surface area contributed by atoms with E-state index in [1.165, 1.54) is 0 Å². The van der Waals surface area contributed by atoms with Crippen molar-refractivity contribution in [2.24, 2.45) is 11.7 Å². The molecule has 1 unspecified atom stereocenters. The maximum atomic E-state index is 5.54. The summed E-state index contributed by atoms with van der Waals surface area (Å²) in [4.78, 5) is 4.34. The van der Waals surface area contributed by atoms with E-state index in [1.54, 1.807) is 0 Å². The molecule has 1 aromatic heterocycles. The Hall–Kier alpha value is -1.55. The molecule has 1 heterocycles. The van der Waals surface area contributed by atoms with Crippen molar-refractivity contribution in [3.05, 3.63) is 24.3 Å². The van der Waals surface area contributed by atoms with Gasteiger partial charge in [-0.15, -0.1) is 0 Å². The van der Waals surface area contributed by atoms with Crippen molar-refractivity contribution in [3.63, 3.8) is 0 Å². The fourth-order valence-corrected chi connectivity index (χ4v) is 1.60. The Kier molecular flexibility index (Phi) is 3.41. The Balaban J connectivity index is 1.99. The van der Waals surface area contributed by atoms with Gasteiger partial charge in [-0.1, -0.05) is 19.1 Å². The van der Waals surface area contributed by atoms with Gasteiger partial charge in [-0.2, -0.15) is 4.98 Å². The number of para-hydroxylation sites is 2. The molecule has 1 aromatic carbocycles. The monoisotopic (exact) mass is 219 g/mol. The van der Waals surface area contributed by atoms with Crippen LogP contribution in [0.3, 0.4) is 0 Å². The molecule has 1 atom stereocenters. The van der Waals surface area contributed by atoms with Gasteiger partial charge in [-0.05, 0) is 31.0 Å². The zero-order chi connectivity index (χ0) is 11.4. The highest BCUT2D eigenvalue weighted by molar-refractivity contribution is 5.74. The van der Waals surface area contributed by atoms with E-state index in [4.69, 9.17) is 10.2 Å². The van der Waals surface area contributed by atoms with E-state index in [1.807, 2.05) is 24.3 Å². The molecule has 86 valence electrons. The van der Waals surface area contributed by atoms with E-state index < -0.39 is 0 Å². The smallest absolute Gasteiger partial charge is 0.295 e. The first-order chi connectivity index (χ1) is 7.79. The standard InChI is InChI=1S/C12H17N3O/c1-9(6-7-13)8-14-12-15-10-4-2-3-5-11(10)16-12/h2-5,9H,6-8,13H2,1H3,(H,14,15). The summed E-state index contributed by atoms with van der Waals surface area (Å²) in [6.07, 6.45) is 1.01. The summed E-state index contributed by atoms with van der Waals surface area (Å²) in [6.45, 7) is 3.71.